The number of benzene rings is 2. The maximum Gasteiger partial charge on any atom is 0.241 e. The second-order valence-corrected chi connectivity index (χ2v) is 6.47. The Morgan fingerprint density at radius 1 is 1.19 bits per heavy atom. The molecule has 1 saturated heterocycles. The molecule has 2 aromatic carbocycles. The molecule has 5 heteroatoms. The zero-order valence-corrected chi connectivity index (χ0v) is 14.6. The molecule has 0 saturated carbocycles. The van der Waals surface area contributed by atoms with E-state index in [-0.39, 0.29) is 17.8 Å². The molecule has 3 rings (SSSR count). The lowest BCUT2D eigenvalue weighted by Gasteiger charge is -2.28. The van der Waals surface area contributed by atoms with Gasteiger partial charge < -0.3 is 4.90 Å². The highest BCUT2D eigenvalue weighted by Crippen LogP contribution is 2.32. The van der Waals surface area contributed by atoms with Gasteiger partial charge in [-0.2, -0.15) is 5.26 Å². The van der Waals surface area contributed by atoms with Crippen LogP contribution in [0.4, 0.5) is 10.1 Å². The van der Waals surface area contributed by atoms with Gasteiger partial charge in [0.15, 0.2) is 0 Å². The van der Waals surface area contributed by atoms with Gasteiger partial charge in [-0.25, -0.2) is 4.39 Å². The van der Waals surface area contributed by atoms with Crippen LogP contribution in [0.5, 0.6) is 0 Å². The number of likely N-dealkylation sites (tertiary alicyclic amines) is 1. The Balaban J connectivity index is 1.73. The zero-order chi connectivity index (χ0) is 18.4. The van der Waals surface area contributed by atoms with Crippen molar-refractivity contribution in [2.24, 2.45) is 0 Å². The second-order valence-electron chi connectivity index (χ2n) is 6.47. The number of hydrogen-bond acceptors (Lipinski definition) is 3. The monoisotopic (exact) mass is 351 g/mol. The predicted molar refractivity (Wildman–Crippen MR) is 99.0 cm³/mol. The van der Waals surface area contributed by atoms with E-state index in [1.165, 1.54) is 12.1 Å². The number of carbonyl (C=O) groups is 1. The van der Waals surface area contributed by atoms with E-state index in [1.54, 1.807) is 17.0 Å². The minimum atomic E-state index is -0.249. The number of rotatable bonds is 6. The molecule has 0 aromatic heterocycles. The number of anilines is 1. The topological polar surface area (TPSA) is 47.3 Å². The van der Waals surface area contributed by atoms with Crippen LogP contribution in [0.25, 0.3) is 0 Å². The van der Waals surface area contributed by atoms with Crippen molar-refractivity contribution in [3.05, 3.63) is 66.0 Å². The molecule has 0 N–H and O–H groups in total. The van der Waals surface area contributed by atoms with Gasteiger partial charge in [0.05, 0.1) is 19.0 Å². The van der Waals surface area contributed by atoms with Crippen LogP contribution in [0, 0.1) is 17.1 Å². The van der Waals surface area contributed by atoms with Crippen LogP contribution in [0.2, 0.25) is 0 Å². The Morgan fingerprint density at radius 2 is 1.92 bits per heavy atom. The Kier molecular flexibility index (Phi) is 5.98. The Bertz CT molecular complexity index is 770. The molecule has 26 heavy (non-hydrogen) atoms. The first-order valence-electron chi connectivity index (χ1n) is 8.91. The van der Waals surface area contributed by atoms with Crippen LogP contribution in [0.1, 0.15) is 30.9 Å². The van der Waals surface area contributed by atoms with Gasteiger partial charge in [-0.3, -0.25) is 9.69 Å². The zero-order valence-electron chi connectivity index (χ0n) is 14.6. The van der Waals surface area contributed by atoms with Crippen molar-refractivity contribution in [2.75, 3.05) is 24.5 Å². The van der Waals surface area contributed by atoms with Gasteiger partial charge in [-0.05, 0) is 49.2 Å². The molecule has 1 amide bonds. The quantitative estimate of drug-likeness (QED) is 0.793. The molecule has 0 spiro atoms. The van der Waals surface area contributed by atoms with Crippen molar-refractivity contribution in [3.8, 4) is 6.07 Å². The number of hydrogen-bond donors (Lipinski definition) is 0. The van der Waals surface area contributed by atoms with Crippen LogP contribution in [-0.4, -0.2) is 30.4 Å². The maximum atomic E-state index is 13.2. The number of nitrogens with zero attached hydrogens (tertiary/aromatic N) is 3. The van der Waals surface area contributed by atoms with E-state index in [0.29, 0.717) is 19.5 Å². The normalized spacial score (nSPS) is 17.0. The van der Waals surface area contributed by atoms with Crippen LogP contribution in [0.15, 0.2) is 54.6 Å². The minimum Gasteiger partial charge on any atom is -0.310 e. The summed E-state index contributed by atoms with van der Waals surface area (Å²) >= 11 is 0. The van der Waals surface area contributed by atoms with Crippen molar-refractivity contribution >= 4 is 11.6 Å². The molecule has 134 valence electrons. The van der Waals surface area contributed by atoms with E-state index in [9.17, 15) is 9.18 Å². The summed E-state index contributed by atoms with van der Waals surface area (Å²) in [5.41, 5.74) is 1.85. The summed E-state index contributed by atoms with van der Waals surface area (Å²) in [6, 6.07) is 18.2. The molecule has 0 aliphatic carbocycles. The predicted octanol–water partition coefficient (Wildman–Crippen LogP) is 3.91. The first-order chi connectivity index (χ1) is 12.7. The summed E-state index contributed by atoms with van der Waals surface area (Å²) in [5, 5.41) is 8.91. The molecule has 0 bridgehead atoms. The minimum absolute atomic E-state index is 0.0135. The molecule has 1 aliphatic rings. The fourth-order valence-electron chi connectivity index (χ4n) is 3.50. The summed E-state index contributed by atoms with van der Waals surface area (Å²) in [6.45, 7) is 1.52. The lowest BCUT2D eigenvalue weighted by atomic mass is 10.0. The number of carbonyl (C=O) groups excluding carboxylic acids is 1. The fourth-order valence-corrected chi connectivity index (χ4v) is 3.50. The molecule has 1 fully saturated rings. The van der Waals surface area contributed by atoms with Crippen LogP contribution < -0.4 is 4.90 Å². The molecule has 1 aliphatic heterocycles. The smallest absolute Gasteiger partial charge is 0.241 e. The van der Waals surface area contributed by atoms with E-state index in [0.717, 1.165) is 30.6 Å². The van der Waals surface area contributed by atoms with Gasteiger partial charge >= 0.3 is 0 Å². The van der Waals surface area contributed by atoms with E-state index in [2.05, 4.69) is 11.0 Å². The fraction of sp³-hybridized carbons (Fsp3) is 0.333. The molecule has 4 nitrogen and oxygen atoms in total. The molecule has 0 radical (unpaired) electrons. The molecule has 1 unspecified atom stereocenters. The van der Waals surface area contributed by atoms with Crippen LogP contribution >= 0.6 is 0 Å². The summed E-state index contributed by atoms with van der Waals surface area (Å²) < 4.78 is 13.2. The summed E-state index contributed by atoms with van der Waals surface area (Å²) in [7, 11) is 0. The summed E-state index contributed by atoms with van der Waals surface area (Å²) in [4.78, 5) is 16.8. The average Bonchev–Trinajstić information content (AvgIpc) is 3.11. The van der Waals surface area contributed by atoms with Crippen LogP contribution in [0.3, 0.4) is 0 Å². The Morgan fingerprint density at radius 3 is 2.62 bits per heavy atom. The van der Waals surface area contributed by atoms with Crippen molar-refractivity contribution in [2.45, 2.75) is 25.3 Å². The molecular weight excluding hydrogens is 329 g/mol. The highest BCUT2D eigenvalue weighted by atomic mass is 19.1. The van der Waals surface area contributed by atoms with Gasteiger partial charge in [0.25, 0.3) is 0 Å². The summed E-state index contributed by atoms with van der Waals surface area (Å²) in [5.74, 6) is -0.262. The lowest BCUT2D eigenvalue weighted by Crippen LogP contribution is -2.40. The second kappa shape index (κ2) is 8.59. The van der Waals surface area contributed by atoms with E-state index in [1.807, 2.05) is 30.3 Å². The number of halogens is 1. The van der Waals surface area contributed by atoms with E-state index in [4.69, 9.17) is 5.26 Å². The third-order valence-electron chi connectivity index (χ3n) is 4.77. The average molecular weight is 351 g/mol. The molecule has 2 aromatic rings. The SMILES string of the molecule is N#CCCN(C(=O)CN1CCCC1c1ccc(F)cc1)c1ccccc1. The third kappa shape index (κ3) is 4.27. The van der Waals surface area contributed by atoms with E-state index < -0.39 is 0 Å². The standard InChI is InChI=1S/C21H22FN3O/c22-18-11-9-17(10-12-18)20-8-4-14-24(20)16-21(26)25(15-5-13-23)19-6-2-1-3-7-19/h1-3,6-7,9-12,20H,4-5,8,14-16H2. The number of nitriles is 1. The van der Waals surface area contributed by atoms with Gasteiger partial charge in [0, 0.05) is 18.3 Å². The maximum absolute atomic E-state index is 13.2. The highest BCUT2D eigenvalue weighted by molar-refractivity contribution is 5.94. The largest absolute Gasteiger partial charge is 0.310 e. The van der Waals surface area contributed by atoms with Crippen molar-refractivity contribution in [1.82, 2.24) is 4.90 Å². The number of para-hydroxylation sites is 1. The van der Waals surface area contributed by atoms with Gasteiger partial charge in [-0.1, -0.05) is 30.3 Å². The number of amides is 1. The first-order valence-corrected chi connectivity index (χ1v) is 8.91. The van der Waals surface area contributed by atoms with E-state index >= 15 is 0 Å². The third-order valence-corrected chi connectivity index (χ3v) is 4.77. The molecule has 1 heterocycles. The first kappa shape index (κ1) is 18.1. The molecular formula is C21H22FN3O. The summed E-state index contributed by atoms with van der Waals surface area (Å²) in [6.07, 6.45) is 2.27. The van der Waals surface area contributed by atoms with Gasteiger partial charge in [0.2, 0.25) is 5.91 Å². The van der Waals surface area contributed by atoms with Crippen molar-refractivity contribution < 1.29 is 9.18 Å². The van der Waals surface area contributed by atoms with Crippen molar-refractivity contribution in [1.29, 1.82) is 5.26 Å². The van der Waals surface area contributed by atoms with Crippen LogP contribution in [-0.2, 0) is 4.79 Å². The van der Waals surface area contributed by atoms with Crippen molar-refractivity contribution in [3.63, 3.8) is 0 Å². The Labute approximate surface area is 153 Å². The van der Waals surface area contributed by atoms with Gasteiger partial charge in [-0.15, -0.1) is 0 Å². The highest BCUT2D eigenvalue weighted by Gasteiger charge is 2.29. The van der Waals surface area contributed by atoms with Gasteiger partial charge in [0.1, 0.15) is 5.82 Å². The lowest BCUT2D eigenvalue weighted by molar-refractivity contribution is -0.120. The molecule has 1 atom stereocenters. The Hall–Kier alpha value is -2.71.